The van der Waals surface area contributed by atoms with Crippen molar-refractivity contribution in [3.8, 4) is 5.75 Å². The normalized spacial score (nSPS) is 24.3. The minimum absolute atomic E-state index is 0.0577. The van der Waals surface area contributed by atoms with Gasteiger partial charge in [-0.25, -0.2) is 5.01 Å². The summed E-state index contributed by atoms with van der Waals surface area (Å²) in [5.74, 6) is 0.519. The number of carbonyl (C=O) groups excluding carboxylic acids is 1. The van der Waals surface area contributed by atoms with E-state index in [0.717, 1.165) is 44.0 Å². The topological polar surface area (TPSA) is 53.9 Å². The van der Waals surface area contributed by atoms with Crippen LogP contribution in [0.2, 0.25) is 0 Å². The molecule has 0 saturated heterocycles. The Morgan fingerprint density at radius 3 is 2.96 bits per heavy atom. The first-order valence-electron chi connectivity index (χ1n) is 8.97. The van der Waals surface area contributed by atoms with E-state index >= 15 is 0 Å². The number of fused-ring (bicyclic) bond motifs is 6. The third-order valence-electron chi connectivity index (χ3n) is 5.48. The second kappa shape index (κ2) is 5.68. The van der Waals surface area contributed by atoms with E-state index in [1.165, 1.54) is 0 Å². The fourth-order valence-corrected chi connectivity index (χ4v) is 5.34. The molecule has 1 amide bonds. The summed E-state index contributed by atoms with van der Waals surface area (Å²) in [5, 5.41) is 11.8. The summed E-state index contributed by atoms with van der Waals surface area (Å²) in [5.41, 5.74) is 2.27. The van der Waals surface area contributed by atoms with Crippen molar-refractivity contribution < 1.29 is 9.53 Å². The number of carbonyl (C=O) groups is 1. The van der Waals surface area contributed by atoms with Crippen LogP contribution in [0, 0.1) is 0 Å². The van der Waals surface area contributed by atoms with Gasteiger partial charge in [-0.05, 0) is 35.7 Å². The number of nitrogens with one attached hydrogen (secondary N) is 1. The van der Waals surface area contributed by atoms with Crippen LogP contribution in [0.4, 0.5) is 5.69 Å². The van der Waals surface area contributed by atoms with Crippen molar-refractivity contribution in [2.24, 2.45) is 5.10 Å². The summed E-state index contributed by atoms with van der Waals surface area (Å²) in [6, 6.07) is 17.7. The molecule has 0 radical (unpaired) electrons. The maximum absolute atomic E-state index is 13.3. The Hall–Kier alpha value is -2.64. The van der Waals surface area contributed by atoms with Crippen LogP contribution < -0.4 is 10.1 Å². The molecule has 1 N–H and O–H groups in total. The van der Waals surface area contributed by atoms with Gasteiger partial charge in [-0.3, -0.25) is 4.79 Å². The highest BCUT2D eigenvalue weighted by Crippen LogP contribution is 2.54. The molecule has 2 unspecified atom stereocenters. The zero-order valence-corrected chi connectivity index (χ0v) is 17.0. The van der Waals surface area contributed by atoms with Crippen molar-refractivity contribution in [3.05, 3.63) is 80.5 Å². The van der Waals surface area contributed by atoms with Crippen LogP contribution in [0.15, 0.2) is 69.6 Å². The van der Waals surface area contributed by atoms with Crippen molar-refractivity contribution >= 4 is 44.6 Å². The molecule has 7 heteroatoms. The molecular formula is C21H14BrN3O2S. The largest absolute Gasteiger partial charge is 0.453 e. The molecule has 2 atom stereocenters. The standard InChI is InChI=1S/C21H14BrN3O2S/c22-12-7-8-15-14(10-12)21(20(26)23-15)25-17(13-4-1-2-5-18(13)27-21)11-16(24-25)19-6-3-9-28-19/h1-10,17H,11H2,(H,23,26). The number of rotatable bonds is 1. The van der Waals surface area contributed by atoms with Crippen molar-refractivity contribution in [1.29, 1.82) is 0 Å². The molecule has 0 saturated carbocycles. The minimum atomic E-state index is -1.31. The van der Waals surface area contributed by atoms with Gasteiger partial charge < -0.3 is 10.1 Å². The van der Waals surface area contributed by atoms with Crippen molar-refractivity contribution in [2.45, 2.75) is 18.2 Å². The molecule has 5 nitrogen and oxygen atoms in total. The molecule has 2 aromatic carbocycles. The van der Waals surface area contributed by atoms with Gasteiger partial charge in [0.2, 0.25) is 0 Å². The molecule has 3 aliphatic heterocycles. The molecule has 6 rings (SSSR count). The highest BCUT2D eigenvalue weighted by Gasteiger charge is 2.60. The van der Waals surface area contributed by atoms with E-state index in [1.807, 2.05) is 52.9 Å². The van der Waals surface area contributed by atoms with Crippen LogP contribution in [0.5, 0.6) is 5.75 Å². The summed E-state index contributed by atoms with van der Waals surface area (Å²) in [7, 11) is 0. The molecule has 3 aliphatic rings. The zero-order chi connectivity index (χ0) is 18.9. The van der Waals surface area contributed by atoms with Crippen LogP contribution in [0.3, 0.4) is 0 Å². The van der Waals surface area contributed by atoms with E-state index < -0.39 is 5.72 Å². The van der Waals surface area contributed by atoms with Gasteiger partial charge in [0.05, 0.1) is 27.9 Å². The fourth-order valence-electron chi connectivity index (χ4n) is 4.25. The lowest BCUT2D eigenvalue weighted by Crippen LogP contribution is -2.55. The number of hydrogen-bond donors (Lipinski definition) is 1. The lowest BCUT2D eigenvalue weighted by Gasteiger charge is -2.44. The van der Waals surface area contributed by atoms with Gasteiger partial charge in [-0.2, -0.15) is 5.10 Å². The number of nitrogens with zero attached hydrogens (tertiary/aromatic N) is 2. The third-order valence-corrected chi connectivity index (χ3v) is 6.89. The summed E-state index contributed by atoms with van der Waals surface area (Å²) < 4.78 is 7.33. The molecule has 1 aromatic heterocycles. The van der Waals surface area contributed by atoms with E-state index in [1.54, 1.807) is 11.3 Å². The Bertz CT molecular complexity index is 1160. The number of thiophene rings is 1. The van der Waals surface area contributed by atoms with E-state index in [4.69, 9.17) is 9.84 Å². The summed E-state index contributed by atoms with van der Waals surface area (Å²) in [4.78, 5) is 14.4. The molecular weight excluding hydrogens is 438 g/mol. The first-order valence-corrected chi connectivity index (χ1v) is 10.6. The Balaban J connectivity index is 1.60. The number of hydrazone groups is 1. The highest BCUT2D eigenvalue weighted by atomic mass is 79.9. The zero-order valence-electron chi connectivity index (χ0n) is 14.6. The molecule has 3 aromatic rings. The van der Waals surface area contributed by atoms with Crippen LogP contribution >= 0.6 is 27.3 Å². The van der Waals surface area contributed by atoms with Gasteiger partial charge in [0, 0.05) is 16.5 Å². The van der Waals surface area contributed by atoms with Gasteiger partial charge in [-0.15, -0.1) is 11.3 Å². The van der Waals surface area contributed by atoms with Crippen molar-refractivity contribution in [1.82, 2.24) is 5.01 Å². The first kappa shape index (κ1) is 16.3. The van der Waals surface area contributed by atoms with Crippen LogP contribution in [-0.2, 0) is 10.5 Å². The number of anilines is 1. The molecule has 4 heterocycles. The maximum atomic E-state index is 13.3. The Labute approximate surface area is 173 Å². The summed E-state index contributed by atoms with van der Waals surface area (Å²) in [6.45, 7) is 0. The van der Waals surface area contributed by atoms with E-state index in [9.17, 15) is 4.79 Å². The summed E-state index contributed by atoms with van der Waals surface area (Å²) >= 11 is 5.20. The fraction of sp³-hybridized carbons (Fsp3) is 0.143. The Morgan fingerprint density at radius 2 is 2.11 bits per heavy atom. The lowest BCUT2D eigenvalue weighted by molar-refractivity contribution is -0.161. The number of ether oxygens (including phenoxy) is 1. The SMILES string of the molecule is O=C1Nc2ccc(Br)cc2C12Oc1ccccc1C1CC(c3cccs3)=NN12. The van der Waals surface area contributed by atoms with E-state index in [0.29, 0.717) is 0 Å². The monoisotopic (exact) mass is 451 g/mol. The Kier molecular flexibility index (Phi) is 3.31. The van der Waals surface area contributed by atoms with Gasteiger partial charge >= 0.3 is 5.72 Å². The van der Waals surface area contributed by atoms with Gasteiger partial charge in [-0.1, -0.05) is 40.2 Å². The lowest BCUT2D eigenvalue weighted by atomic mass is 9.93. The average molecular weight is 452 g/mol. The Morgan fingerprint density at radius 1 is 1.21 bits per heavy atom. The smallest absolute Gasteiger partial charge is 0.306 e. The molecule has 0 aliphatic carbocycles. The van der Waals surface area contributed by atoms with E-state index in [-0.39, 0.29) is 11.9 Å². The van der Waals surface area contributed by atoms with Crippen LogP contribution in [0.1, 0.15) is 28.5 Å². The number of para-hydroxylation sites is 1. The maximum Gasteiger partial charge on any atom is 0.306 e. The number of hydrogen-bond acceptors (Lipinski definition) is 5. The third kappa shape index (κ3) is 2.06. The highest BCUT2D eigenvalue weighted by molar-refractivity contribution is 9.10. The molecule has 138 valence electrons. The number of benzene rings is 2. The quantitative estimate of drug-likeness (QED) is 0.574. The second-order valence-electron chi connectivity index (χ2n) is 7.02. The van der Waals surface area contributed by atoms with Gasteiger partial charge in [0.25, 0.3) is 5.91 Å². The molecule has 28 heavy (non-hydrogen) atoms. The van der Waals surface area contributed by atoms with E-state index in [2.05, 4.69) is 33.4 Å². The number of halogens is 1. The second-order valence-corrected chi connectivity index (χ2v) is 8.88. The summed E-state index contributed by atoms with van der Waals surface area (Å²) in [6.07, 6.45) is 0.735. The van der Waals surface area contributed by atoms with Crippen LogP contribution in [-0.4, -0.2) is 16.6 Å². The van der Waals surface area contributed by atoms with Gasteiger partial charge in [0.1, 0.15) is 5.75 Å². The molecule has 1 spiro atoms. The van der Waals surface area contributed by atoms with Crippen molar-refractivity contribution in [2.75, 3.05) is 5.32 Å². The minimum Gasteiger partial charge on any atom is -0.453 e. The first-order chi connectivity index (χ1) is 13.7. The average Bonchev–Trinajstić information content (AvgIpc) is 3.42. The predicted octanol–water partition coefficient (Wildman–Crippen LogP) is 4.86. The van der Waals surface area contributed by atoms with Crippen molar-refractivity contribution in [3.63, 3.8) is 0 Å². The van der Waals surface area contributed by atoms with Crippen LogP contribution in [0.25, 0.3) is 0 Å². The number of amides is 1. The molecule has 0 bridgehead atoms. The molecule has 0 fully saturated rings. The predicted molar refractivity (Wildman–Crippen MR) is 112 cm³/mol. The van der Waals surface area contributed by atoms with Gasteiger partial charge in [0.15, 0.2) is 0 Å².